The fourth-order valence-corrected chi connectivity index (χ4v) is 5.15. The molecule has 0 aromatic carbocycles. The Bertz CT molecular complexity index is 821. The molecule has 7 nitrogen and oxygen atoms in total. The van der Waals surface area contributed by atoms with Gasteiger partial charge in [-0.1, -0.05) is 37.6 Å². The highest BCUT2D eigenvalue weighted by atomic mass is 16.5. The highest BCUT2D eigenvalue weighted by Gasteiger charge is 2.34. The SMILES string of the molecule is CC[C@@H]1CC(C(C)OC)CC(/C=C/C(C)=C/CC2OC(C)C(NC(=O)/C=C\C(C)OC(C)=O)CC2C)O1. The number of hydrogen-bond donors (Lipinski definition) is 1. The molecule has 1 N–H and O–H groups in total. The second kappa shape index (κ2) is 15.5. The number of allylic oxidation sites excluding steroid dienone is 2. The first-order chi connectivity index (χ1) is 17.5. The van der Waals surface area contributed by atoms with Crippen molar-refractivity contribution in [2.75, 3.05) is 7.11 Å². The summed E-state index contributed by atoms with van der Waals surface area (Å²) in [5.41, 5.74) is 1.20. The molecule has 0 aromatic heterocycles. The molecule has 2 fully saturated rings. The monoisotopic (exact) mass is 519 g/mol. The van der Waals surface area contributed by atoms with Crippen molar-refractivity contribution >= 4 is 11.9 Å². The molecule has 1 amide bonds. The van der Waals surface area contributed by atoms with E-state index in [1.807, 2.05) is 6.92 Å². The van der Waals surface area contributed by atoms with Gasteiger partial charge in [0.2, 0.25) is 5.91 Å². The number of amides is 1. The van der Waals surface area contributed by atoms with Crippen molar-refractivity contribution in [1.29, 1.82) is 0 Å². The van der Waals surface area contributed by atoms with Crippen molar-refractivity contribution in [3.8, 4) is 0 Å². The quantitative estimate of drug-likeness (QED) is 0.227. The molecule has 2 rings (SSSR count). The number of nitrogens with one attached hydrogen (secondary N) is 1. The summed E-state index contributed by atoms with van der Waals surface area (Å²) in [5, 5.41) is 3.03. The van der Waals surface area contributed by atoms with Crippen LogP contribution in [-0.4, -0.2) is 61.7 Å². The number of rotatable bonds is 11. The van der Waals surface area contributed by atoms with Crippen LogP contribution in [0.1, 0.15) is 80.6 Å². The maximum absolute atomic E-state index is 12.3. The number of carbonyl (C=O) groups is 2. The van der Waals surface area contributed by atoms with Gasteiger partial charge in [0, 0.05) is 20.1 Å². The summed E-state index contributed by atoms with van der Waals surface area (Å²) in [4.78, 5) is 23.3. The van der Waals surface area contributed by atoms with Gasteiger partial charge in [0.25, 0.3) is 0 Å². The summed E-state index contributed by atoms with van der Waals surface area (Å²) in [6, 6.07) is -0.0604. The van der Waals surface area contributed by atoms with E-state index in [4.69, 9.17) is 18.9 Å². The Morgan fingerprint density at radius 2 is 1.81 bits per heavy atom. The molecule has 8 unspecified atom stereocenters. The highest BCUT2D eigenvalue weighted by molar-refractivity contribution is 5.87. The first kappa shape index (κ1) is 31.3. The van der Waals surface area contributed by atoms with Crippen molar-refractivity contribution in [3.63, 3.8) is 0 Å². The van der Waals surface area contributed by atoms with E-state index in [2.05, 4.69) is 51.2 Å². The molecular formula is C30H49NO6. The van der Waals surface area contributed by atoms with Gasteiger partial charge < -0.3 is 24.3 Å². The van der Waals surface area contributed by atoms with Gasteiger partial charge in [0.05, 0.1) is 36.6 Å². The van der Waals surface area contributed by atoms with Crippen LogP contribution in [0.3, 0.4) is 0 Å². The Balaban J connectivity index is 1.86. The summed E-state index contributed by atoms with van der Waals surface area (Å²) < 4.78 is 23.2. The molecule has 9 atom stereocenters. The minimum atomic E-state index is -0.441. The van der Waals surface area contributed by atoms with Crippen molar-refractivity contribution in [3.05, 3.63) is 36.0 Å². The van der Waals surface area contributed by atoms with E-state index >= 15 is 0 Å². The first-order valence-electron chi connectivity index (χ1n) is 13.9. The van der Waals surface area contributed by atoms with Gasteiger partial charge in [-0.25, -0.2) is 0 Å². The van der Waals surface area contributed by atoms with Gasteiger partial charge in [-0.05, 0) is 77.7 Å². The summed E-state index contributed by atoms with van der Waals surface area (Å²) in [6.07, 6.45) is 14.6. The number of esters is 1. The van der Waals surface area contributed by atoms with E-state index < -0.39 is 6.10 Å². The van der Waals surface area contributed by atoms with Gasteiger partial charge in [-0.2, -0.15) is 0 Å². The van der Waals surface area contributed by atoms with Gasteiger partial charge >= 0.3 is 5.97 Å². The van der Waals surface area contributed by atoms with Crippen LogP contribution in [0.5, 0.6) is 0 Å². The van der Waals surface area contributed by atoms with E-state index in [1.54, 1.807) is 20.1 Å². The van der Waals surface area contributed by atoms with Crippen LogP contribution in [0.15, 0.2) is 36.0 Å². The van der Waals surface area contributed by atoms with E-state index in [9.17, 15) is 9.59 Å². The molecule has 7 heteroatoms. The normalized spacial score (nSPS) is 32.9. The van der Waals surface area contributed by atoms with Crippen LogP contribution in [-0.2, 0) is 28.5 Å². The molecule has 2 aliphatic heterocycles. The second-order valence-corrected chi connectivity index (χ2v) is 10.8. The molecule has 0 bridgehead atoms. The first-order valence-corrected chi connectivity index (χ1v) is 13.9. The van der Waals surface area contributed by atoms with Crippen molar-refractivity contribution in [2.45, 2.75) is 123 Å². The fourth-order valence-electron chi connectivity index (χ4n) is 5.15. The topological polar surface area (TPSA) is 83.1 Å². The van der Waals surface area contributed by atoms with Crippen LogP contribution in [0.4, 0.5) is 0 Å². The largest absolute Gasteiger partial charge is 0.459 e. The highest BCUT2D eigenvalue weighted by Crippen LogP contribution is 2.31. The summed E-state index contributed by atoms with van der Waals surface area (Å²) in [5.74, 6) is 0.247. The van der Waals surface area contributed by atoms with Gasteiger partial charge in [0.1, 0.15) is 6.10 Å². The van der Waals surface area contributed by atoms with E-state index in [-0.39, 0.29) is 48.4 Å². The molecule has 0 radical (unpaired) electrons. The third-order valence-corrected chi connectivity index (χ3v) is 7.62. The van der Waals surface area contributed by atoms with Crippen LogP contribution >= 0.6 is 0 Å². The predicted molar refractivity (Wildman–Crippen MR) is 146 cm³/mol. The van der Waals surface area contributed by atoms with Crippen LogP contribution in [0.2, 0.25) is 0 Å². The summed E-state index contributed by atoms with van der Waals surface area (Å²) in [6.45, 7) is 13.7. The van der Waals surface area contributed by atoms with Crippen LogP contribution < -0.4 is 5.32 Å². The average Bonchev–Trinajstić information content (AvgIpc) is 2.86. The molecule has 0 spiro atoms. The zero-order valence-electron chi connectivity index (χ0n) is 24.1. The number of hydrogen-bond acceptors (Lipinski definition) is 6. The molecule has 2 aliphatic rings. The van der Waals surface area contributed by atoms with E-state index in [0.29, 0.717) is 11.8 Å². The second-order valence-electron chi connectivity index (χ2n) is 10.8. The van der Waals surface area contributed by atoms with Crippen molar-refractivity contribution in [1.82, 2.24) is 5.32 Å². The van der Waals surface area contributed by atoms with Crippen molar-refractivity contribution < 1.29 is 28.5 Å². The van der Waals surface area contributed by atoms with Crippen molar-refractivity contribution in [2.24, 2.45) is 11.8 Å². The predicted octanol–water partition coefficient (Wildman–Crippen LogP) is 5.29. The molecule has 0 aliphatic carbocycles. The van der Waals surface area contributed by atoms with Crippen LogP contribution in [0.25, 0.3) is 0 Å². The molecule has 210 valence electrons. The minimum Gasteiger partial charge on any atom is -0.459 e. The number of methoxy groups -OCH3 is 1. The Hall–Kier alpha value is -1.96. The Kier molecular flexibility index (Phi) is 13.1. The van der Waals surface area contributed by atoms with E-state index in [0.717, 1.165) is 32.1 Å². The number of ether oxygens (including phenoxy) is 4. The minimum absolute atomic E-state index is 0.0604. The Morgan fingerprint density at radius 1 is 1.08 bits per heavy atom. The van der Waals surface area contributed by atoms with Gasteiger partial charge in [0.15, 0.2) is 0 Å². The molecule has 2 saturated heterocycles. The Labute approximate surface area is 224 Å². The third-order valence-electron chi connectivity index (χ3n) is 7.62. The number of carbonyl (C=O) groups excluding carboxylic acids is 2. The summed E-state index contributed by atoms with van der Waals surface area (Å²) in [7, 11) is 1.79. The average molecular weight is 520 g/mol. The maximum atomic E-state index is 12.3. The Morgan fingerprint density at radius 3 is 2.46 bits per heavy atom. The zero-order valence-corrected chi connectivity index (χ0v) is 24.1. The lowest BCUT2D eigenvalue weighted by Crippen LogP contribution is -2.50. The third kappa shape index (κ3) is 10.7. The maximum Gasteiger partial charge on any atom is 0.303 e. The molecular weight excluding hydrogens is 470 g/mol. The standard InChI is InChI=1S/C30H49NO6/c1-9-26-17-25(22(5)34-8)18-27(37-26)13-10-19(2)11-14-29-20(3)16-28(23(6)36-29)31-30(33)15-12-21(4)35-24(7)32/h10-13,15,20-23,25-29H,9,14,16-18H2,1-8H3,(H,31,33)/b13-10+,15-12-,19-11+/t20?,21?,22?,23?,25?,26-,27?,28?,29?/m1/s1. The van der Waals surface area contributed by atoms with Gasteiger partial charge in [-0.15, -0.1) is 0 Å². The smallest absolute Gasteiger partial charge is 0.303 e. The fraction of sp³-hybridized carbons (Fsp3) is 0.733. The lowest BCUT2D eigenvalue weighted by atomic mass is 9.86. The summed E-state index contributed by atoms with van der Waals surface area (Å²) >= 11 is 0. The van der Waals surface area contributed by atoms with Crippen LogP contribution in [0, 0.1) is 11.8 Å². The lowest BCUT2D eigenvalue weighted by Gasteiger charge is -2.39. The molecule has 0 saturated carbocycles. The molecule has 2 heterocycles. The van der Waals surface area contributed by atoms with E-state index in [1.165, 1.54) is 18.6 Å². The molecule has 37 heavy (non-hydrogen) atoms. The zero-order chi connectivity index (χ0) is 27.5. The molecule has 0 aromatic rings. The lowest BCUT2D eigenvalue weighted by molar-refractivity contribution is -0.143. The van der Waals surface area contributed by atoms with Gasteiger partial charge in [-0.3, -0.25) is 9.59 Å².